The van der Waals surface area contributed by atoms with Crippen LogP contribution in [0, 0.1) is 5.82 Å². The van der Waals surface area contributed by atoms with Crippen molar-refractivity contribution in [2.24, 2.45) is 0 Å². The Bertz CT molecular complexity index is 749. The molecule has 4 heteroatoms. The van der Waals surface area contributed by atoms with Gasteiger partial charge in [0, 0.05) is 28.7 Å². The number of aromatic nitrogens is 1. The van der Waals surface area contributed by atoms with Crippen molar-refractivity contribution in [2.75, 3.05) is 0 Å². The van der Waals surface area contributed by atoms with Crippen LogP contribution in [0.15, 0.2) is 48.7 Å². The highest BCUT2D eigenvalue weighted by atomic mass is 35.5. The van der Waals surface area contributed by atoms with Crippen molar-refractivity contribution in [1.29, 1.82) is 0 Å². The van der Waals surface area contributed by atoms with E-state index in [0.717, 1.165) is 16.5 Å². The van der Waals surface area contributed by atoms with E-state index in [2.05, 4.69) is 0 Å². The maximum Gasteiger partial charge on any atom is 0.142 e. The van der Waals surface area contributed by atoms with Crippen LogP contribution in [0.3, 0.4) is 0 Å². The van der Waals surface area contributed by atoms with Gasteiger partial charge in [-0.15, -0.1) is 0 Å². The normalized spacial score (nSPS) is 11.1. The summed E-state index contributed by atoms with van der Waals surface area (Å²) in [5, 5.41) is 1.87. The van der Waals surface area contributed by atoms with E-state index >= 15 is 0 Å². The molecule has 0 amide bonds. The van der Waals surface area contributed by atoms with E-state index in [-0.39, 0.29) is 5.02 Å². The van der Waals surface area contributed by atoms with E-state index in [1.54, 1.807) is 6.07 Å². The number of benzene rings is 2. The van der Waals surface area contributed by atoms with E-state index < -0.39 is 5.82 Å². The summed E-state index contributed by atoms with van der Waals surface area (Å²) in [6.07, 6.45) is 1.93. The average molecular weight is 294 g/mol. The Labute approximate surface area is 120 Å². The van der Waals surface area contributed by atoms with Gasteiger partial charge in [-0.1, -0.05) is 41.4 Å². The summed E-state index contributed by atoms with van der Waals surface area (Å²) in [6, 6.07) is 12.5. The molecule has 0 aliphatic heterocycles. The Morgan fingerprint density at radius 2 is 1.79 bits per heavy atom. The topological polar surface area (TPSA) is 4.93 Å². The summed E-state index contributed by atoms with van der Waals surface area (Å²) in [5.74, 6) is -0.395. The SMILES string of the molecule is Fc1cccc(Cn2ccc3c(Cl)cccc32)c1Cl. The van der Waals surface area contributed by atoms with Gasteiger partial charge in [0.2, 0.25) is 0 Å². The maximum atomic E-state index is 13.4. The number of nitrogens with zero attached hydrogens (tertiary/aromatic N) is 1. The van der Waals surface area contributed by atoms with E-state index in [1.165, 1.54) is 6.07 Å². The second-order valence-electron chi connectivity index (χ2n) is 4.33. The lowest BCUT2D eigenvalue weighted by atomic mass is 10.2. The fraction of sp³-hybridized carbons (Fsp3) is 0.0667. The number of rotatable bonds is 2. The summed E-state index contributed by atoms with van der Waals surface area (Å²) >= 11 is 12.1. The molecule has 0 atom stereocenters. The molecule has 3 rings (SSSR count). The van der Waals surface area contributed by atoms with E-state index in [1.807, 2.05) is 41.1 Å². The average Bonchev–Trinajstić information content (AvgIpc) is 2.80. The van der Waals surface area contributed by atoms with Crippen molar-refractivity contribution < 1.29 is 4.39 Å². The van der Waals surface area contributed by atoms with Crippen LogP contribution >= 0.6 is 23.2 Å². The highest BCUT2D eigenvalue weighted by Gasteiger charge is 2.09. The lowest BCUT2D eigenvalue weighted by Crippen LogP contribution is -1.99. The quantitative estimate of drug-likeness (QED) is 0.617. The second-order valence-corrected chi connectivity index (χ2v) is 5.11. The van der Waals surface area contributed by atoms with Crippen molar-refractivity contribution in [3.8, 4) is 0 Å². The lowest BCUT2D eigenvalue weighted by Gasteiger charge is -2.08. The third kappa shape index (κ3) is 2.22. The smallest absolute Gasteiger partial charge is 0.142 e. The van der Waals surface area contributed by atoms with Gasteiger partial charge in [-0.25, -0.2) is 4.39 Å². The van der Waals surface area contributed by atoms with Crippen molar-refractivity contribution in [1.82, 2.24) is 4.57 Å². The molecule has 0 saturated carbocycles. The van der Waals surface area contributed by atoms with E-state index in [4.69, 9.17) is 23.2 Å². The van der Waals surface area contributed by atoms with Crippen molar-refractivity contribution in [3.05, 3.63) is 70.1 Å². The van der Waals surface area contributed by atoms with Gasteiger partial charge < -0.3 is 4.57 Å². The van der Waals surface area contributed by atoms with Gasteiger partial charge in [0.05, 0.1) is 5.02 Å². The van der Waals surface area contributed by atoms with Crippen LogP contribution in [-0.2, 0) is 6.54 Å². The molecule has 2 aromatic carbocycles. The molecule has 3 aromatic rings. The third-order valence-corrected chi connectivity index (χ3v) is 3.89. The highest BCUT2D eigenvalue weighted by molar-refractivity contribution is 6.35. The van der Waals surface area contributed by atoms with Gasteiger partial charge in [0.15, 0.2) is 0 Å². The van der Waals surface area contributed by atoms with Crippen LogP contribution in [0.1, 0.15) is 5.56 Å². The summed E-state index contributed by atoms with van der Waals surface area (Å²) in [6.45, 7) is 0.514. The van der Waals surface area contributed by atoms with Crippen LogP contribution in [0.5, 0.6) is 0 Å². The molecule has 0 spiro atoms. The Morgan fingerprint density at radius 1 is 1.00 bits per heavy atom. The van der Waals surface area contributed by atoms with Crippen LogP contribution in [0.25, 0.3) is 10.9 Å². The molecule has 0 saturated heterocycles. The largest absolute Gasteiger partial charge is 0.343 e. The molecule has 0 bridgehead atoms. The lowest BCUT2D eigenvalue weighted by molar-refractivity contribution is 0.624. The van der Waals surface area contributed by atoms with E-state index in [9.17, 15) is 4.39 Å². The Kier molecular flexibility index (Phi) is 3.21. The van der Waals surface area contributed by atoms with Gasteiger partial charge in [0.25, 0.3) is 0 Å². The van der Waals surface area contributed by atoms with Gasteiger partial charge in [-0.3, -0.25) is 0 Å². The Balaban J connectivity index is 2.07. The van der Waals surface area contributed by atoms with Crippen molar-refractivity contribution in [2.45, 2.75) is 6.54 Å². The van der Waals surface area contributed by atoms with Crippen molar-refractivity contribution >= 4 is 34.1 Å². The molecule has 0 aliphatic carbocycles. The first kappa shape index (κ1) is 12.5. The zero-order valence-electron chi connectivity index (χ0n) is 9.91. The number of fused-ring (bicyclic) bond motifs is 1. The molecule has 19 heavy (non-hydrogen) atoms. The summed E-state index contributed by atoms with van der Waals surface area (Å²) in [7, 11) is 0. The van der Waals surface area contributed by atoms with Crippen molar-refractivity contribution in [3.63, 3.8) is 0 Å². The first-order valence-corrected chi connectivity index (χ1v) is 6.58. The molecule has 1 heterocycles. The summed E-state index contributed by atoms with van der Waals surface area (Å²) in [5.41, 5.74) is 1.76. The van der Waals surface area contributed by atoms with E-state index in [0.29, 0.717) is 11.6 Å². The van der Waals surface area contributed by atoms with Crippen LogP contribution in [0.2, 0.25) is 10.0 Å². The minimum Gasteiger partial charge on any atom is -0.343 e. The standard InChI is InChI=1S/C15H10Cl2FN/c16-12-4-2-6-14-11(12)7-8-19(14)9-10-3-1-5-13(18)15(10)17/h1-8H,9H2. The molecule has 0 N–H and O–H groups in total. The molecule has 0 aliphatic rings. The summed E-state index contributed by atoms with van der Waals surface area (Å²) < 4.78 is 15.4. The molecule has 0 radical (unpaired) electrons. The molecular weight excluding hydrogens is 284 g/mol. The fourth-order valence-corrected chi connectivity index (χ4v) is 2.60. The van der Waals surface area contributed by atoms with Gasteiger partial charge in [-0.05, 0) is 29.8 Å². The predicted octanol–water partition coefficient (Wildman–Crippen LogP) is 5.14. The summed E-state index contributed by atoms with van der Waals surface area (Å²) in [4.78, 5) is 0. The Hall–Kier alpha value is -1.51. The number of halogens is 3. The molecular formula is C15H10Cl2FN. The van der Waals surface area contributed by atoms with Crippen LogP contribution in [-0.4, -0.2) is 4.57 Å². The minimum absolute atomic E-state index is 0.173. The monoisotopic (exact) mass is 293 g/mol. The Morgan fingerprint density at radius 3 is 2.63 bits per heavy atom. The molecule has 1 nitrogen and oxygen atoms in total. The number of hydrogen-bond donors (Lipinski definition) is 0. The van der Waals surface area contributed by atoms with Gasteiger partial charge in [-0.2, -0.15) is 0 Å². The predicted molar refractivity (Wildman–Crippen MR) is 77.5 cm³/mol. The van der Waals surface area contributed by atoms with Crippen LogP contribution < -0.4 is 0 Å². The maximum absolute atomic E-state index is 13.4. The zero-order chi connectivity index (χ0) is 13.4. The molecule has 0 unspecified atom stereocenters. The van der Waals surface area contributed by atoms with Crippen LogP contribution in [0.4, 0.5) is 4.39 Å². The van der Waals surface area contributed by atoms with Gasteiger partial charge >= 0.3 is 0 Å². The second kappa shape index (κ2) is 4.87. The zero-order valence-corrected chi connectivity index (χ0v) is 11.4. The molecule has 96 valence electrons. The molecule has 1 aromatic heterocycles. The fourth-order valence-electron chi connectivity index (χ4n) is 2.18. The minimum atomic E-state index is -0.395. The van der Waals surface area contributed by atoms with Gasteiger partial charge in [0.1, 0.15) is 5.82 Å². The first-order valence-electron chi connectivity index (χ1n) is 5.83. The highest BCUT2D eigenvalue weighted by Crippen LogP contribution is 2.26. The molecule has 0 fully saturated rings. The third-order valence-electron chi connectivity index (χ3n) is 3.13. The first-order chi connectivity index (χ1) is 9.16. The number of hydrogen-bond acceptors (Lipinski definition) is 0.